The molecule has 3 aromatic rings. The molecule has 0 spiro atoms. The molecule has 2 aromatic carbocycles. The zero-order valence-corrected chi connectivity index (χ0v) is 16.4. The van der Waals surface area contributed by atoms with E-state index in [0.717, 1.165) is 5.56 Å². The van der Waals surface area contributed by atoms with E-state index in [4.69, 9.17) is 16.3 Å². The predicted molar refractivity (Wildman–Crippen MR) is 105 cm³/mol. The van der Waals surface area contributed by atoms with Gasteiger partial charge in [-0.1, -0.05) is 23.7 Å². The second kappa shape index (κ2) is 9.01. The summed E-state index contributed by atoms with van der Waals surface area (Å²) in [6.45, 7) is 0.103. The highest BCUT2D eigenvalue weighted by molar-refractivity contribution is 7.89. The molecule has 7 nitrogen and oxygen atoms in total. The Bertz CT molecular complexity index is 1040. The van der Waals surface area contributed by atoms with Gasteiger partial charge in [0.15, 0.2) is 6.61 Å². The van der Waals surface area contributed by atoms with Crippen molar-refractivity contribution >= 4 is 27.5 Å². The highest BCUT2D eigenvalue weighted by Crippen LogP contribution is 2.15. The first kappa shape index (κ1) is 20.1. The lowest BCUT2D eigenvalue weighted by molar-refractivity contribution is 0.0837. The molecule has 0 aliphatic carbocycles. The molecule has 0 bridgehead atoms. The van der Waals surface area contributed by atoms with Crippen molar-refractivity contribution in [3.63, 3.8) is 0 Å². The van der Waals surface area contributed by atoms with Gasteiger partial charge in [-0.2, -0.15) is 0 Å². The van der Waals surface area contributed by atoms with Gasteiger partial charge in [0.25, 0.3) is 5.91 Å². The minimum absolute atomic E-state index is 0.122. The molecule has 0 saturated carbocycles. The average Bonchev–Trinajstić information content (AvgIpc) is 3.22. The molecule has 1 N–H and O–H groups in total. The lowest BCUT2D eigenvalue weighted by atomic mass is 10.1. The quantitative estimate of drug-likeness (QED) is 0.606. The third kappa shape index (κ3) is 5.41. The first-order chi connectivity index (χ1) is 13.4. The lowest BCUT2D eigenvalue weighted by Crippen LogP contribution is -2.26. The summed E-state index contributed by atoms with van der Waals surface area (Å²) in [4.78, 5) is 15.9. The van der Waals surface area contributed by atoms with Crippen LogP contribution in [0.2, 0.25) is 5.02 Å². The van der Waals surface area contributed by atoms with E-state index in [0.29, 0.717) is 17.2 Å². The highest BCUT2D eigenvalue weighted by atomic mass is 35.5. The summed E-state index contributed by atoms with van der Waals surface area (Å²) in [6, 6.07) is 13.1. The van der Waals surface area contributed by atoms with E-state index in [-0.39, 0.29) is 24.0 Å². The van der Waals surface area contributed by atoms with Crippen molar-refractivity contribution in [2.24, 2.45) is 0 Å². The SMILES string of the molecule is O=C(COc1cccc(CCNS(=O)(=O)c2ccc(Cl)cc2)c1)n1ccnc1. The van der Waals surface area contributed by atoms with Crippen LogP contribution in [0.15, 0.2) is 72.1 Å². The van der Waals surface area contributed by atoms with Crippen molar-refractivity contribution in [1.82, 2.24) is 14.3 Å². The Balaban J connectivity index is 1.53. The van der Waals surface area contributed by atoms with Crippen LogP contribution in [0, 0.1) is 0 Å². The summed E-state index contributed by atoms with van der Waals surface area (Å²) >= 11 is 5.78. The van der Waals surface area contributed by atoms with Gasteiger partial charge in [0, 0.05) is 24.0 Å². The highest BCUT2D eigenvalue weighted by Gasteiger charge is 2.13. The van der Waals surface area contributed by atoms with Crippen LogP contribution in [-0.2, 0) is 16.4 Å². The number of carbonyl (C=O) groups is 1. The Kier molecular flexibility index (Phi) is 6.45. The van der Waals surface area contributed by atoms with Crippen LogP contribution in [0.4, 0.5) is 0 Å². The second-order valence-corrected chi connectivity index (χ2v) is 8.10. The van der Waals surface area contributed by atoms with Crippen LogP contribution in [0.5, 0.6) is 5.75 Å². The van der Waals surface area contributed by atoms with Crippen molar-refractivity contribution in [2.75, 3.05) is 13.2 Å². The molecule has 0 unspecified atom stereocenters. The normalized spacial score (nSPS) is 11.3. The molecular formula is C19H18ClN3O4S. The van der Waals surface area contributed by atoms with Crippen molar-refractivity contribution in [2.45, 2.75) is 11.3 Å². The fourth-order valence-electron chi connectivity index (χ4n) is 2.44. The predicted octanol–water partition coefficient (Wildman–Crippen LogP) is 2.78. The Morgan fingerprint density at radius 1 is 1.18 bits per heavy atom. The minimum atomic E-state index is -3.60. The molecule has 0 radical (unpaired) electrons. The number of rotatable bonds is 8. The van der Waals surface area contributed by atoms with E-state index >= 15 is 0 Å². The van der Waals surface area contributed by atoms with Crippen molar-refractivity contribution in [3.8, 4) is 5.75 Å². The van der Waals surface area contributed by atoms with Crippen LogP contribution in [0.3, 0.4) is 0 Å². The van der Waals surface area contributed by atoms with E-state index in [1.54, 1.807) is 24.4 Å². The summed E-state index contributed by atoms with van der Waals surface area (Å²) in [7, 11) is -3.60. The molecule has 1 heterocycles. The van der Waals surface area contributed by atoms with Gasteiger partial charge in [-0.25, -0.2) is 18.1 Å². The third-order valence-electron chi connectivity index (χ3n) is 3.88. The maximum atomic E-state index is 12.3. The molecule has 9 heteroatoms. The van der Waals surface area contributed by atoms with Crippen LogP contribution >= 0.6 is 11.6 Å². The molecule has 0 amide bonds. The Morgan fingerprint density at radius 3 is 2.68 bits per heavy atom. The summed E-state index contributed by atoms with van der Waals surface area (Å²) in [6.07, 6.45) is 4.95. The number of carbonyl (C=O) groups excluding carboxylic acids is 1. The summed E-state index contributed by atoms with van der Waals surface area (Å²) in [5, 5.41) is 0.474. The van der Waals surface area contributed by atoms with Crippen molar-refractivity contribution in [1.29, 1.82) is 0 Å². The van der Waals surface area contributed by atoms with E-state index in [1.165, 1.54) is 41.4 Å². The fourth-order valence-corrected chi connectivity index (χ4v) is 3.60. The zero-order valence-electron chi connectivity index (χ0n) is 14.8. The van der Waals surface area contributed by atoms with Gasteiger partial charge >= 0.3 is 0 Å². The molecule has 28 heavy (non-hydrogen) atoms. The van der Waals surface area contributed by atoms with Gasteiger partial charge in [0.05, 0.1) is 4.90 Å². The molecule has 0 saturated heterocycles. The number of imidazole rings is 1. The van der Waals surface area contributed by atoms with Crippen molar-refractivity contribution in [3.05, 3.63) is 77.8 Å². The molecule has 1 aromatic heterocycles. The zero-order chi connectivity index (χ0) is 20.0. The number of hydrogen-bond donors (Lipinski definition) is 1. The van der Waals surface area contributed by atoms with E-state index in [9.17, 15) is 13.2 Å². The first-order valence-corrected chi connectivity index (χ1v) is 10.3. The molecule has 0 aliphatic rings. The van der Waals surface area contributed by atoms with Gasteiger partial charge in [-0.3, -0.25) is 9.36 Å². The minimum Gasteiger partial charge on any atom is -0.484 e. The van der Waals surface area contributed by atoms with Crippen LogP contribution in [0.25, 0.3) is 0 Å². The molecule has 146 valence electrons. The number of aromatic nitrogens is 2. The molecule has 0 atom stereocenters. The average molecular weight is 420 g/mol. The largest absolute Gasteiger partial charge is 0.484 e. The number of halogens is 1. The Morgan fingerprint density at radius 2 is 1.96 bits per heavy atom. The molecule has 0 aliphatic heterocycles. The summed E-state index contributed by atoms with van der Waals surface area (Å²) < 4.78 is 33.9. The smallest absolute Gasteiger partial charge is 0.269 e. The van der Waals surface area contributed by atoms with Crippen LogP contribution < -0.4 is 9.46 Å². The maximum Gasteiger partial charge on any atom is 0.269 e. The number of nitrogens with zero attached hydrogens (tertiary/aromatic N) is 2. The monoisotopic (exact) mass is 419 g/mol. The van der Waals surface area contributed by atoms with Crippen LogP contribution in [0.1, 0.15) is 10.4 Å². The lowest BCUT2D eigenvalue weighted by Gasteiger charge is -2.09. The number of hydrogen-bond acceptors (Lipinski definition) is 5. The van der Waals surface area contributed by atoms with Gasteiger partial charge < -0.3 is 4.74 Å². The number of benzene rings is 2. The van der Waals surface area contributed by atoms with Crippen LogP contribution in [-0.4, -0.2) is 37.0 Å². The van der Waals surface area contributed by atoms with E-state index in [2.05, 4.69) is 9.71 Å². The standard InChI is InChI=1S/C19H18ClN3O4S/c20-16-4-6-18(7-5-16)28(25,26)22-9-8-15-2-1-3-17(12-15)27-13-19(24)23-11-10-21-14-23/h1-7,10-12,14,22H,8-9,13H2. The summed E-state index contributed by atoms with van der Waals surface area (Å²) in [5.41, 5.74) is 0.881. The Labute approximate surface area is 168 Å². The number of ether oxygens (including phenoxy) is 1. The Hall–Kier alpha value is -2.68. The fraction of sp³-hybridized carbons (Fsp3) is 0.158. The summed E-state index contributed by atoms with van der Waals surface area (Å²) in [5.74, 6) is 0.296. The third-order valence-corrected chi connectivity index (χ3v) is 5.61. The second-order valence-electron chi connectivity index (χ2n) is 5.90. The van der Waals surface area contributed by atoms with Gasteiger partial charge in [-0.15, -0.1) is 0 Å². The first-order valence-electron chi connectivity index (χ1n) is 8.42. The van der Waals surface area contributed by atoms with E-state index < -0.39 is 10.0 Å². The molecule has 0 fully saturated rings. The molecule has 3 rings (SSSR count). The van der Waals surface area contributed by atoms with Crippen molar-refractivity contribution < 1.29 is 17.9 Å². The van der Waals surface area contributed by atoms with Gasteiger partial charge in [0.2, 0.25) is 10.0 Å². The van der Waals surface area contributed by atoms with E-state index in [1.807, 2.05) is 6.07 Å². The topological polar surface area (TPSA) is 90.3 Å². The maximum absolute atomic E-state index is 12.3. The van der Waals surface area contributed by atoms with Gasteiger partial charge in [0.1, 0.15) is 12.1 Å². The number of nitrogens with one attached hydrogen (secondary N) is 1. The molecular weight excluding hydrogens is 402 g/mol. The number of sulfonamides is 1. The van der Waals surface area contributed by atoms with Gasteiger partial charge in [-0.05, 0) is 48.4 Å².